The minimum Gasteiger partial charge on any atom is -0.491 e. The average molecular weight is 516 g/mol. The molecule has 0 spiro atoms. The molecule has 0 unspecified atom stereocenters. The lowest BCUT2D eigenvalue weighted by atomic mass is 10.2. The molecule has 0 aliphatic carbocycles. The molecular formula is C22H25ClF3N5O4. The number of nitrogens with zero attached hydrogens (tertiary/aromatic N) is 3. The molecule has 0 bridgehead atoms. The average Bonchev–Trinajstić information content (AvgIpc) is 3.25. The molecule has 1 atom stereocenters. The molecule has 35 heavy (non-hydrogen) atoms. The molecule has 1 aromatic carbocycles. The maximum atomic E-state index is 12.8. The molecule has 13 heteroatoms. The number of hydrogen-bond acceptors (Lipinski definition) is 5. The predicted octanol–water partition coefficient (Wildman–Crippen LogP) is 2.49. The van der Waals surface area contributed by atoms with Gasteiger partial charge in [-0.15, -0.1) is 0 Å². The molecule has 3 amide bonds. The summed E-state index contributed by atoms with van der Waals surface area (Å²) in [6.45, 7) is 1.48. The minimum absolute atomic E-state index is 0.0507. The zero-order chi connectivity index (χ0) is 25.6. The molecule has 0 saturated heterocycles. The fourth-order valence-electron chi connectivity index (χ4n) is 3.41. The smallest absolute Gasteiger partial charge is 0.435 e. The number of fused-ring (bicyclic) bond motifs is 1. The number of aromatic nitrogens is 2. The number of ether oxygens (including phenoxy) is 1. The summed E-state index contributed by atoms with van der Waals surface area (Å²) in [6, 6.07) is 4.97. The maximum Gasteiger partial charge on any atom is 0.435 e. The van der Waals surface area contributed by atoms with Gasteiger partial charge in [-0.25, -0.2) is 0 Å². The van der Waals surface area contributed by atoms with Gasteiger partial charge in [-0.3, -0.25) is 19.1 Å². The van der Waals surface area contributed by atoms with Gasteiger partial charge in [-0.2, -0.15) is 18.3 Å². The number of amides is 3. The molecule has 1 aromatic heterocycles. The van der Waals surface area contributed by atoms with Gasteiger partial charge in [0.2, 0.25) is 11.8 Å². The summed E-state index contributed by atoms with van der Waals surface area (Å²) in [6.07, 6.45) is -2.62. The zero-order valence-electron chi connectivity index (χ0n) is 18.9. The van der Waals surface area contributed by atoms with Crippen LogP contribution in [0.2, 0.25) is 5.02 Å². The number of alkyl halides is 3. The maximum absolute atomic E-state index is 12.8. The molecule has 2 N–H and O–H groups in total. The molecule has 0 fully saturated rings. The van der Waals surface area contributed by atoms with Gasteiger partial charge >= 0.3 is 6.18 Å². The first-order valence-corrected chi connectivity index (χ1v) is 11.3. The molecule has 1 aliphatic heterocycles. The van der Waals surface area contributed by atoms with Crippen LogP contribution >= 0.6 is 11.6 Å². The van der Waals surface area contributed by atoms with Crippen LogP contribution in [0.15, 0.2) is 30.5 Å². The second-order valence-corrected chi connectivity index (χ2v) is 8.53. The van der Waals surface area contributed by atoms with Crippen molar-refractivity contribution < 1.29 is 32.3 Å². The SMILES string of the molecule is C[C@H]1COc2ccc(Cl)cc2C(=O)NCCCCN(C(=O)Cn2ccc(C(F)(F)F)n2)CC(=O)N1. The van der Waals surface area contributed by atoms with Crippen LogP contribution in [0.5, 0.6) is 5.75 Å². The summed E-state index contributed by atoms with van der Waals surface area (Å²) >= 11 is 6.02. The third-order valence-electron chi connectivity index (χ3n) is 5.14. The highest BCUT2D eigenvalue weighted by Crippen LogP contribution is 2.27. The van der Waals surface area contributed by atoms with Gasteiger partial charge in [0.1, 0.15) is 18.9 Å². The van der Waals surface area contributed by atoms with Crippen LogP contribution in [0, 0.1) is 0 Å². The Morgan fingerprint density at radius 2 is 2.03 bits per heavy atom. The first kappa shape index (κ1) is 26.3. The van der Waals surface area contributed by atoms with E-state index in [1.165, 1.54) is 11.0 Å². The number of hydrogen-bond donors (Lipinski definition) is 2. The van der Waals surface area contributed by atoms with Crippen molar-refractivity contribution in [2.75, 3.05) is 26.2 Å². The van der Waals surface area contributed by atoms with Crippen molar-refractivity contribution >= 4 is 29.3 Å². The fourth-order valence-corrected chi connectivity index (χ4v) is 3.58. The normalized spacial score (nSPS) is 18.4. The van der Waals surface area contributed by atoms with Crippen LogP contribution in [0.3, 0.4) is 0 Å². The summed E-state index contributed by atoms with van der Waals surface area (Å²) < 4.78 is 45.0. The van der Waals surface area contributed by atoms with E-state index in [1.807, 2.05) is 0 Å². The predicted molar refractivity (Wildman–Crippen MR) is 120 cm³/mol. The van der Waals surface area contributed by atoms with Gasteiger partial charge < -0.3 is 20.3 Å². The Labute approximate surface area is 204 Å². The van der Waals surface area contributed by atoms with Crippen molar-refractivity contribution in [1.29, 1.82) is 0 Å². The number of carbonyl (C=O) groups excluding carboxylic acids is 3. The van der Waals surface area contributed by atoms with Gasteiger partial charge in [0.25, 0.3) is 5.91 Å². The van der Waals surface area contributed by atoms with Crippen molar-refractivity contribution in [3.05, 3.63) is 46.7 Å². The van der Waals surface area contributed by atoms with E-state index in [2.05, 4.69) is 15.7 Å². The molecule has 2 aromatic rings. The summed E-state index contributed by atoms with van der Waals surface area (Å²) in [4.78, 5) is 39.2. The Kier molecular flexibility index (Phi) is 8.60. The van der Waals surface area contributed by atoms with Crippen LogP contribution in [0.25, 0.3) is 0 Å². The quantitative estimate of drug-likeness (QED) is 0.639. The molecule has 0 radical (unpaired) electrons. The molecule has 1 aliphatic rings. The van der Waals surface area contributed by atoms with E-state index in [0.29, 0.717) is 30.2 Å². The summed E-state index contributed by atoms with van der Waals surface area (Å²) in [5, 5.41) is 9.25. The van der Waals surface area contributed by atoms with Crippen LogP contribution < -0.4 is 15.4 Å². The standard InChI is InChI=1S/C22H25ClF3N5O4/c1-14-13-35-17-5-4-15(23)10-16(17)21(34)27-7-2-3-8-30(11-19(32)28-14)20(33)12-31-9-6-18(29-31)22(24,25)26/h4-6,9-10,14H,2-3,7-8,11-13H2,1H3,(H,27,34)(H,28,32)/t14-/m0/s1. The van der Waals surface area contributed by atoms with Gasteiger partial charge in [-0.05, 0) is 44.0 Å². The number of rotatable bonds is 2. The van der Waals surface area contributed by atoms with Crippen LogP contribution in [-0.4, -0.2) is 64.7 Å². The summed E-state index contributed by atoms with van der Waals surface area (Å²) in [5.41, 5.74) is -0.841. The van der Waals surface area contributed by atoms with Gasteiger partial charge in [0.15, 0.2) is 5.69 Å². The molecule has 190 valence electrons. The van der Waals surface area contributed by atoms with E-state index < -0.39 is 36.3 Å². The lowest BCUT2D eigenvalue weighted by molar-refractivity contribution is -0.142. The number of nitrogens with one attached hydrogen (secondary N) is 2. The third kappa shape index (κ3) is 7.61. The van der Waals surface area contributed by atoms with Gasteiger partial charge in [0.05, 0.1) is 18.2 Å². The van der Waals surface area contributed by atoms with Crippen LogP contribution in [0.4, 0.5) is 13.2 Å². The van der Waals surface area contributed by atoms with E-state index in [0.717, 1.165) is 16.9 Å². The number of halogens is 4. The minimum atomic E-state index is -4.62. The molecule has 0 saturated carbocycles. The molecule has 3 rings (SSSR count). The lowest BCUT2D eigenvalue weighted by Gasteiger charge is -2.23. The second kappa shape index (κ2) is 11.4. The Morgan fingerprint density at radius 3 is 2.74 bits per heavy atom. The summed E-state index contributed by atoms with van der Waals surface area (Å²) in [5.74, 6) is -1.07. The van der Waals surface area contributed by atoms with Gasteiger partial charge in [0, 0.05) is 24.3 Å². The fraction of sp³-hybridized carbons (Fsp3) is 0.455. The highest BCUT2D eigenvalue weighted by molar-refractivity contribution is 6.31. The van der Waals surface area contributed by atoms with Crippen LogP contribution in [0.1, 0.15) is 35.8 Å². The van der Waals surface area contributed by atoms with Crippen molar-refractivity contribution in [3.8, 4) is 5.75 Å². The Hall–Kier alpha value is -3.28. The highest BCUT2D eigenvalue weighted by Gasteiger charge is 2.33. The van der Waals surface area contributed by atoms with Gasteiger partial charge in [-0.1, -0.05) is 11.6 Å². The topological polar surface area (TPSA) is 106 Å². The van der Waals surface area contributed by atoms with E-state index in [-0.39, 0.29) is 31.2 Å². The van der Waals surface area contributed by atoms with Crippen molar-refractivity contribution in [2.45, 2.75) is 38.5 Å². The largest absolute Gasteiger partial charge is 0.491 e. The third-order valence-corrected chi connectivity index (χ3v) is 5.37. The second-order valence-electron chi connectivity index (χ2n) is 8.09. The van der Waals surface area contributed by atoms with Crippen molar-refractivity contribution in [1.82, 2.24) is 25.3 Å². The van der Waals surface area contributed by atoms with Crippen molar-refractivity contribution in [3.63, 3.8) is 0 Å². The summed E-state index contributed by atoms with van der Waals surface area (Å²) in [7, 11) is 0. The molecular weight excluding hydrogens is 491 g/mol. The van der Waals surface area contributed by atoms with E-state index >= 15 is 0 Å². The monoisotopic (exact) mass is 515 g/mol. The number of benzene rings is 1. The first-order valence-electron chi connectivity index (χ1n) is 10.9. The Balaban J connectivity index is 1.70. The highest BCUT2D eigenvalue weighted by atomic mass is 35.5. The van der Waals surface area contributed by atoms with E-state index in [9.17, 15) is 27.6 Å². The number of carbonyl (C=O) groups is 3. The first-order chi connectivity index (χ1) is 16.5. The zero-order valence-corrected chi connectivity index (χ0v) is 19.7. The van der Waals surface area contributed by atoms with Crippen LogP contribution in [-0.2, 0) is 22.3 Å². The lowest BCUT2D eigenvalue weighted by Crippen LogP contribution is -2.46. The molecule has 2 heterocycles. The van der Waals surface area contributed by atoms with Crippen molar-refractivity contribution in [2.24, 2.45) is 0 Å². The molecule has 9 nitrogen and oxygen atoms in total. The van der Waals surface area contributed by atoms with E-state index in [1.54, 1.807) is 19.1 Å². The Bertz CT molecular complexity index is 1080. The van der Waals surface area contributed by atoms with E-state index in [4.69, 9.17) is 16.3 Å². The Morgan fingerprint density at radius 1 is 1.26 bits per heavy atom.